The van der Waals surface area contributed by atoms with Crippen LogP contribution in [0.4, 0.5) is 0 Å². The van der Waals surface area contributed by atoms with Crippen molar-refractivity contribution in [2.24, 2.45) is 0 Å². The maximum absolute atomic E-state index is 8.06. The molecule has 0 aliphatic carbocycles. The van der Waals surface area contributed by atoms with Crippen LogP contribution in [0.2, 0.25) is 0 Å². The third-order valence-corrected chi connectivity index (χ3v) is 6.59. The first-order valence-corrected chi connectivity index (χ1v) is 9.52. The van der Waals surface area contributed by atoms with E-state index in [1.807, 2.05) is 13.8 Å². The van der Waals surface area contributed by atoms with Gasteiger partial charge >= 0.3 is 0 Å². The van der Waals surface area contributed by atoms with Gasteiger partial charge in [-0.3, -0.25) is 0 Å². The molecule has 2 aliphatic rings. The van der Waals surface area contributed by atoms with Gasteiger partial charge in [-0.05, 0) is 54.5 Å². The molecule has 0 aromatic rings. The number of hydrogen-bond donors (Lipinski definition) is 0. The first-order valence-electron chi connectivity index (χ1n) is 9.10. The van der Waals surface area contributed by atoms with Crippen molar-refractivity contribution in [3.8, 4) is 0 Å². The smallest absolute Gasteiger partial charge is 0.259 e. The summed E-state index contributed by atoms with van der Waals surface area (Å²) in [6.45, 7) is 21.6. The van der Waals surface area contributed by atoms with Crippen LogP contribution in [0.1, 0.15) is 49.8 Å². The zero-order chi connectivity index (χ0) is 18.8. The van der Waals surface area contributed by atoms with Crippen molar-refractivity contribution >= 4 is 8.53 Å². The molecule has 25 heavy (non-hydrogen) atoms. The van der Waals surface area contributed by atoms with Gasteiger partial charge in [-0.25, -0.2) is 11.2 Å². The second kappa shape index (κ2) is 9.31. The topological polar surface area (TPSA) is 44.5 Å². The van der Waals surface area contributed by atoms with E-state index in [0.717, 1.165) is 0 Å². The van der Waals surface area contributed by atoms with E-state index in [2.05, 4.69) is 37.2 Å². The van der Waals surface area contributed by atoms with E-state index in [9.17, 15) is 0 Å². The second-order valence-corrected chi connectivity index (χ2v) is 8.69. The van der Waals surface area contributed by atoms with Crippen molar-refractivity contribution in [2.75, 3.05) is 13.2 Å². The molecule has 0 radical (unpaired) electrons. The maximum atomic E-state index is 8.06. The molecular formula is C17H30N2O4PU-. The van der Waals surface area contributed by atoms with Gasteiger partial charge in [0.2, 0.25) is 6.54 Å². The van der Waals surface area contributed by atoms with Crippen LogP contribution in [-0.2, 0) is 18.5 Å². The summed E-state index contributed by atoms with van der Waals surface area (Å²) in [5, 5.41) is 0. The fourth-order valence-electron chi connectivity index (χ4n) is 3.14. The summed E-state index contributed by atoms with van der Waals surface area (Å²) in [7, 11) is -1.39. The first kappa shape index (κ1) is 22.1. The van der Waals surface area contributed by atoms with Gasteiger partial charge in [-0.2, -0.15) is 6.61 Å². The summed E-state index contributed by atoms with van der Waals surface area (Å²) in [4.78, 5) is 3.36. The number of rotatable bonds is 8. The van der Waals surface area contributed by atoms with Gasteiger partial charge in [0, 0.05) is 44.6 Å². The maximum Gasteiger partial charge on any atom is 0.259 e. The Bertz CT molecular complexity index is 498. The minimum absolute atomic E-state index is 0. The molecule has 0 spiro atoms. The van der Waals surface area contributed by atoms with Crippen molar-refractivity contribution in [2.45, 2.75) is 83.9 Å². The zero-order valence-electron chi connectivity index (χ0n) is 17.0. The minimum Gasteiger partial charge on any atom is -0.541 e. The average Bonchev–Trinajstić information content (AvgIpc) is 2.94. The van der Waals surface area contributed by atoms with Crippen LogP contribution in [0.3, 0.4) is 0 Å². The largest absolute Gasteiger partial charge is 0.541 e. The van der Waals surface area contributed by atoms with Gasteiger partial charge in [-0.15, -0.1) is 0 Å². The quantitative estimate of drug-likeness (QED) is 0.243. The van der Waals surface area contributed by atoms with Crippen molar-refractivity contribution < 1.29 is 51.0 Å². The van der Waals surface area contributed by atoms with Crippen LogP contribution in [0.5, 0.6) is 0 Å². The Morgan fingerprint density at radius 3 is 2.48 bits per heavy atom. The number of ether oxygens (including phenoxy) is 2. The number of fused-ring (bicyclic) bond motifs is 2. The SMILES string of the molecule is [2H]C[C@]12O[CH-][C@H](OC1(C)C)[C@@H]2OP(OCC[N+]#[C-])N(C(C)C)C(C)C.[U]. The summed E-state index contributed by atoms with van der Waals surface area (Å²) in [6.07, 6.45) is -0.699. The average molecular weight is 596 g/mol. The molecule has 2 heterocycles. The summed E-state index contributed by atoms with van der Waals surface area (Å²) < 4.78 is 34.6. The van der Waals surface area contributed by atoms with Gasteiger partial charge in [0.25, 0.3) is 8.53 Å². The Labute approximate surface area is 178 Å². The van der Waals surface area contributed by atoms with Crippen molar-refractivity contribution in [1.29, 1.82) is 0 Å². The molecule has 0 saturated carbocycles. The van der Waals surface area contributed by atoms with E-state index < -0.39 is 19.7 Å². The van der Waals surface area contributed by atoms with E-state index in [4.69, 9.17) is 26.5 Å². The molecule has 2 aliphatic heterocycles. The van der Waals surface area contributed by atoms with Crippen LogP contribution < -0.4 is 0 Å². The normalized spacial score (nSPS) is 31.9. The zero-order valence-corrected chi connectivity index (χ0v) is 21.0. The molecule has 8 heteroatoms. The number of nitrogens with zero attached hydrogens (tertiary/aromatic N) is 2. The van der Waals surface area contributed by atoms with E-state index >= 15 is 0 Å². The Hall–Kier alpha value is 0.772. The molecular weight excluding hydrogens is 565 g/mol. The van der Waals surface area contributed by atoms with E-state index in [1.54, 1.807) is 6.61 Å². The molecule has 2 fully saturated rings. The standard InChI is InChI=1S/C17H30N2O4P.U/c1-12(2)19(13(3)4)24(21-10-9-18-8)23-15-14-11-20-17(15,7)16(5,6)22-14;/h11-15H,9-10H2,1-7H3;/q-1;/t14-,15-,17+,24?;/m0./s1/i7D;. The van der Waals surface area contributed by atoms with Crippen molar-refractivity contribution in [3.63, 3.8) is 0 Å². The molecule has 2 saturated heterocycles. The Balaban J connectivity index is 0.00000338. The fraction of sp³-hybridized carbons (Fsp3) is 0.882. The minimum atomic E-state index is -1.39. The monoisotopic (exact) mass is 596 g/mol. The Morgan fingerprint density at radius 2 is 2.00 bits per heavy atom. The molecule has 0 aromatic heterocycles. The van der Waals surface area contributed by atoms with Crippen LogP contribution >= 0.6 is 8.53 Å². The molecule has 4 atom stereocenters. The third kappa shape index (κ3) is 4.79. The van der Waals surface area contributed by atoms with Gasteiger partial charge in [-0.1, -0.05) is 0 Å². The van der Waals surface area contributed by atoms with Crippen molar-refractivity contribution in [3.05, 3.63) is 18.0 Å². The van der Waals surface area contributed by atoms with Gasteiger partial charge in [0.05, 0.1) is 17.3 Å². The number of hydrogen-bond acceptors (Lipinski definition) is 5. The molecule has 2 rings (SSSR count). The van der Waals surface area contributed by atoms with E-state index in [-0.39, 0.29) is 62.3 Å². The van der Waals surface area contributed by atoms with Gasteiger partial charge < -0.3 is 23.4 Å². The van der Waals surface area contributed by atoms with Gasteiger partial charge in [0.15, 0.2) is 0 Å². The van der Waals surface area contributed by atoms with Crippen LogP contribution in [-0.4, -0.2) is 53.3 Å². The Kier molecular flexibility index (Phi) is 8.22. The molecule has 0 aromatic carbocycles. The predicted octanol–water partition coefficient (Wildman–Crippen LogP) is 3.78. The first-order chi connectivity index (χ1) is 11.7. The summed E-state index contributed by atoms with van der Waals surface area (Å²) >= 11 is 0. The van der Waals surface area contributed by atoms with Crippen LogP contribution in [0.15, 0.2) is 0 Å². The molecule has 0 N–H and O–H groups in total. The summed E-state index contributed by atoms with van der Waals surface area (Å²) in [5.41, 5.74) is -1.43. The Morgan fingerprint density at radius 1 is 1.36 bits per heavy atom. The molecule has 2 bridgehead atoms. The molecule has 142 valence electrons. The molecule has 6 nitrogen and oxygen atoms in total. The second-order valence-electron chi connectivity index (χ2n) is 7.28. The predicted molar refractivity (Wildman–Crippen MR) is 94.1 cm³/mol. The fourth-order valence-corrected chi connectivity index (χ4v) is 4.92. The molecule has 1 unspecified atom stereocenters. The van der Waals surface area contributed by atoms with E-state index in [0.29, 0.717) is 13.2 Å². The van der Waals surface area contributed by atoms with Crippen LogP contribution in [0.25, 0.3) is 4.85 Å². The van der Waals surface area contributed by atoms with E-state index in [1.165, 1.54) is 0 Å². The van der Waals surface area contributed by atoms with Gasteiger partial charge in [0.1, 0.15) is 6.61 Å². The summed E-state index contributed by atoms with van der Waals surface area (Å²) in [6, 6.07) is 0.452. The third-order valence-electron chi connectivity index (χ3n) is 4.48. The van der Waals surface area contributed by atoms with Crippen molar-refractivity contribution in [1.82, 2.24) is 4.67 Å². The van der Waals surface area contributed by atoms with Crippen LogP contribution in [0, 0.1) is 44.3 Å². The molecule has 0 amide bonds. The summed E-state index contributed by atoms with van der Waals surface area (Å²) in [5.74, 6) is 0.